The smallest absolute Gasteiger partial charge is 0.193 e. The predicted octanol–water partition coefficient (Wildman–Crippen LogP) is 16.3. The molecular weight excluding hydrogens is 805 g/mol. The molecule has 0 aliphatic heterocycles. The van der Waals surface area contributed by atoms with Gasteiger partial charge in [-0.15, -0.1) is 0 Å². The van der Waals surface area contributed by atoms with Gasteiger partial charge >= 0.3 is 0 Å². The zero-order valence-corrected chi connectivity index (χ0v) is 36.5. The number of ketones is 1. The highest BCUT2D eigenvalue weighted by Gasteiger charge is 2.26. The van der Waals surface area contributed by atoms with Gasteiger partial charge in [-0.05, 0) is 128 Å². The maximum absolute atomic E-state index is 16.0. The van der Waals surface area contributed by atoms with Crippen molar-refractivity contribution >= 4 is 68.3 Å². The number of nitrogens with zero attached hydrogens (tertiary/aromatic N) is 4. The predicted molar refractivity (Wildman–Crippen MR) is 276 cm³/mol. The molecule has 0 bridgehead atoms. The summed E-state index contributed by atoms with van der Waals surface area (Å²) in [6.45, 7) is 0. The number of hydrogen-bond acceptors (Lipinski definition) is 5. The van der Waals surface area contributed by atoms with Gasteiger partial charge < -0.3 is 19.6 Å². The summed E-state index contributed by atoms with van der Waals surface area (Å²) in [5, 5.41) is 0. The summed E-state index contributed by atoms with van der Waals surface area (Å²) >= 11 is 0. The van der Waals surface area contributed by atoms with Crippen LogP contribution >= 0.6 is 0 Å². The molecular formula is C61H48N4O. The third kappa shape index (κ3) is 8.92. The molecule has 0 fully saturated rings. The molecule has 1 aliphatic carbocycles. The van der Waals surface area contributed by atoms with Crippen LogP contribution in [0.3, 0.4) is 0 Å². The number of para-hydroxylation sites is 7. The average Bonchev–Trinajstić information content (AvgIpc) is 3.39. The van der Waals surface area contributed by atoms with E-state index in [0.29, 0.717) is 11.1 Å². The molecule has 9 aromatic rings. The van der Waals surface area contributed by atoms with Crippen LogP contribution in [0.15, 0.2) is 273 Å². The van der Waals surface area contributed by atoms with Crippen molar-refractivity contribution in [2.24, 2.45) is 0 Å². The number of anilines is 11. The molecule has 5 nitrogen and oxygen atoms in total. The molecule has 1 aliphatic rings. The molecule has 0 amide bonds. The summed E-state index contributed by atoms with van der Waals surface area (Å²) in [6, 6.07) is 85.3. The van der Waals surface area contributed by atoms with E-state index < -0.39 is 0 Å². The van der Waals surface area contributed by atoms with Crippen LogP contribution in [0.1, 0.15) is 22.3 Å². The van der Waals surface area contributed by atoms with E-state index in [0.717, 1.165) is 69.0 Å². The van der Waals surface area contributed by atoms with Crippen molar-refractivity contribution in [3.05, 3.63) is 284 Å². The van der Waals surface area contributed by atoms with Crippen molar-refractivity contribution in [3.8, 4) is 0 Å². The van der Waals surface area contributed by atoms with Gasteiger partial charge in [0.1, 0.15) is 0 Å². The first kappa shape index (κ1) is 41.3. The van der Waals surface area contributed by atoms with E-state index in [1.165, 1.54) is 0 Å². The minimum absolute atomic E-state index is 0.0167. The molecule has 0 saturated heterocycles. The lowest BCUT2D eigenvalue weighted by Gasteiger charge is -2.34. The van der Waals surface area contributed by atoms with Gasteiger partial charge in [-0.2, -0.15) is 0 Å². The largest absolute Gasteiger partial charge is 0.334 e. The van der Waals surface area contributed by atoms with Gasteiger partial charge in [0.25, 0.3) is 0 Å². The summed E-state index contributed by atoms with van der Waals surface area (Å²) in [5.74, 6) is -0.100. The number of allylic oxidation sites excluding steroid dienone is 2. The summed E-state index contributed by atoms with van der Waals surface area (Å²) < 4.78 is 0. The van der Waals surface area contributed by atoms with E-state index >= 15 is 4.79 Å². The highest BCUT2D eigenvalue weighted by molar-refractivity contribution is 6.12. The molecule has 0 radical (unpaired) electrons. The highest BCUT2D eigenvalue weighted by atomic mass is 16.1. The van der Waals surface area contributed by atoms with Gasteiger partial charge in [-0.1, -0.05) is 152 Å². The van der Waals surface area contributed by atoms with Crippen LogP contribution in [0.5, 0.6) is 0 Å². The number of carbonyl (C=O) groups is 1. The third-order valence-corrected chi connectivity index (χ3v) is 11.8. The van der Waals surface area contributed by atoms with E-state index in [1.54, 1.807) is 0 Å². The van der Waals surface area contributed by atoms with Crippen LogP contribution in [0.4, 0.5) is 62.6 Å². The molecule has 5 heteroatoms. The Morgan fingerprint density at radius 3 is 0.909 bits per heavy atom. The van der Waals surface area contributed by atoms with Crippen LogP contribution in [0.25, 0.3) is 0 Å². The second kappa shape index (κ2) is 19.4. The van der Waals surface area contributed by atoms with Crippen molar-refractivity contribution in [1.29, 1.82) is 0 Å². The lowest BCUT2D eigenvalue weighted by Crippen LogP contribution is -2.30. The molecule has 66 heavy (non-hydrogen) atoms. The maximum Gasteiger partial charge on any atom is 0.193 e. The lowest BCUT2D eigenvalue weighted by molar-refractivity contribution is 0.103. The van der Waals surface area contributed by atoms with Gasteiger partial charge in [0.05, 0.1) is 6.04 Å². The SMILES string of the molecule is O=C(c1cc(N(c2ccccc2)c2ccccc2)cc(N(c2ccccc2)c2ccccc2)c1)c1cc(N(c2ccccc2)c2ccccc2)cc(N(c2ccccc2)C2C=CC=CC2)c1. The summed E-state index contributed by atoms with van der Waals surface area (Å²) in [7, 11) is 0. The van der Waals surface area contributed by atoms with E-state index in [-0.39, 0.29) is 11.8 Å². The van der Waals surface area contributed by atoms with E-state index in [2.05, 4.69) is 238 Å². The summed E-state index contributed by atoms with van der Waals surface area (Å²) in [4.78, 5) is 25.0. The monoisotopic (exact) mass is 852 g/mol. The Kier molecular flexibility index (Phi) is 12.1. The third-order valence-electron chi connectivity index (χ3n) is 11.8. The number of benzene rings is 9. The van der Waals surface area contributed by atoms with Gasteiger partial charge in [0.15, 0.2) is 5.78 Å². The second-order valence-corrected chi connectivity index (χ2v) is 16.1. The van der Waals surface area contributed by atoms with Gasteiger partial charge in [-0.3, -0.25) is 4.79 Å². The lowest BCUT2D eigenvalue weighted by atomic mass is 9.97. The van der Waals surface area contributed by atoms with Crippen molar-refractivity contribution in [3.63, 3.8) is 0 Å². The Morgan fingerprint density at radius 2 is 0.606 bits per heavy atom. The number of rotatable bonds is 14. The zero-order chi connectivity index (χ0) is 44.5. The van der Waals surface area contributed by atoms with E-state index in [9.17, 15) is 0 Å². The quantitative estimate of drug-likeness (QED) is 0.102. The van der Waals surface area contributed by atoms with Gasteiger partial charge in [-0.25, -0.2) is 0 Å². The highest BCUT2D eigenvalue weighted by Crippen LogP contribution is 2.44. The fraction of sp³-hybridized carbons (Fsp3) is 0.0328. The van der Waals surface area contributed by atoms with Crippen molar-refractivity contribution in [2.45, 2.75) is 12.5 Å². The number of hydrogen-bond donors (Lipinski definition) is 0. The fourth-order valence-electron chi connectivity index (χ4n) is 8.83. The molecule has 9 aromatic carbocycles. The Hall–Kier alpha value is -8.67. The summed E-state index contributed by atoms with van der Waals surface area (Å²) in [5.41, 5.74) is 11.5. The van der Waals surface area contributed by atoms with E-state index in [4.69, 9.17) is 0 Å². The van der Waals surface area contributed by atoms with Crippen molar-refractivity contribution in [1.82, 2.24) is 0 Å². The first-order valence-corrected chi connectivity index (χ1v) is 22.4. The molecule has 0 spiro atoms. The Bertz CT molecular complexity index is 2850. The average molecular weight is 853 g/mol. The normalized spacial score (nSPS) is 12.9. The van der Waals surface area contributed by atoms with Crippen LogP contribution in [-0.2, 0) is 0 Å². The molecule has 0 heterocycles. The molecule has 1 atom stereocenters. The van der Waals surface area contributed by atoms with Gasteiger partial charge in [0, 0.05) is 73.7 Å². The molecule has 0 N–H and O–H groups in total. The summed E-state index contributed by atoms with van der Waals surface area (Å²) in [6.07, 6.45) is 9.48. The van der Waals surface area contributed by atoms with Crippen LogP contribution in [0.2, 0.25) is 0 Å². The maximum atomic E-state index is 16.0. The first-order valence-electron chi connectivity index (χ1n) is 22.4. The molecule has 318 valence electrons. The molecule has 1 unspecified atom stereocenters. The van der Waals surface area contributed by atoms with Gasteiger partial charge in [0.2, 0.25) is 0 Å². The second-order valence-electron chi connectivity index (χ2n) is 16.1. The van der Waals surface area contributed by atoms with Crippen LogP contribution < -0.4 is 19.6 Å². The minimum Gasteiger partial charge on any atom is -0.334 e. The van der Waals surface area contributed by atoms with Crippen molar-refractivity contribution in [2.75, 3.05) is 19.6 Å². The molecule has 10 rings (SSSR count). The molecule has 0 aromatic heterocycles. The standard InChI is InChI=1S/C61H48N4O/c66-61(47-41-57(62(49-25-9-1-10-26-49)50-27-11-2-12-28-50)45-58(42-47)63(51-29-13-3-14-30-51)52-31-15-4-16-32-52)48-43-59(64(53-33-17-5-18-34-53)54-35-19-6-20-36-54)46-60(44-48)65(55-37-21-7-22-38-55)56-39-23-8-24-40-56/h1-39,41-46,56H,40H2. The number of carbonyl (C=O) groups excluding carboxylic acids is 1. The van der Waals surface area contributed by atoms with Crippen LogP contribution in [-0.4, -0.2) is 11.8 Å². The zero-order valence-electron chi connectivity index (χ0n) is 36.5. The minimum atomic E-state index is -0.100. The van der Waals surface area contributed by atoms with Crippen LogP contribution in [0, 0.1) is 0 Å². The van der Waals surface area contributed by atoms with E-state index in [1.807, 2.05) is 54.6 Å². The van der Waals surface area contributed by atoms with Crippen molar-refractivity contribution < 1.29 is 4.79 Å². The Labute approximate surface area is 387 Å². The molecule has 0 saturated carbocycles. The first-order chi connectivity index (χ1) is 32.7. The topological polar surface area (TPSA) is 30.0 Å². The Balaban J connectivity index is 1.22. The Morgan fingerprint density at radius 1 is 0.318 bits per heavy atom. The fourth-order valence-corrected chi connectivity index (χ4v) is 8.83.